The highest BCUT2D eigenvalue weighted by molar-refractivity contribution is 5.21. The number of nitrogens with zero attached hydrogens (tertiary/aromatic N) is 1. The topological polar surface area (TPSA) is 35.8 Å². The lowest BCUT2D eigenvalue weighted by Gasteiger charge is -2.50. The Kier molecular flexibility index (Phi) is 1.58. The lowest BCUT2D eigenvalue weighted by molar-refractivity contribution is 0.0162. The maximum absolute atomic E-state index is 9.33. The second kappa shape index (κ2) is 2.27. The molecule has 2 fully saturated rings. The lowest BCUT2D eigenvalue weighted by Crippen LogP contribution is -2.55. The van der Waals surface area contributed by atoms with E-state index in [0.717, 1.165) is 19.5 Å². The maximum atomic E-state index is 9.33. The summed E-state index contributed by atoms with van der Waals surface area (Å²) in [5.41, 5.74) is 0.376. The van der Waals surface area contributed by atoms with Gasteiger partial charge in [-0.3, -0.25) is 0 Å². The molecule has 2 heteroatoms. The van der Waals surface area contributed by atoms with Crippen LogP contribution in [-0.4, -0.2) is 13.1 Å². The van der Waals surface area contributed by atoms with E-state index in [1.54, 1.807) is 0 Å². The zero-order valence-corrected chi connectivity index (χ0v) is 8.78. The molecule has 13 heavy (non-hydrogen) atoms. The Bertz CT molecular complexity index is 276. The fraction of sp³-hybridized carbons (Fsp3) is 0.909. The quantitative estimate of drug-likeness (QED) is 0.615. The largest absolute Gasteiger partial charge is 0.315 e. The van der Waals surface area contributed by atoms with Crippen molar-refractivity contribution in [3.05, 3.63) is 0 Å². The lowest BCUT2D eigenvalue weighted by atomic mass is 9.57. The van der Waals surface area contributed by atoms with Gasteiger partial charge in [0.2, 0.25) is 0 Å². The standard InChI is InChI=1S/C11H18N2/c1-9(2)10(3)4-5-11(9,6-12)8-13-7-10/h13H,4-5,7-8H2,1-3H3. The number of fused-ring (bicyclic) bond motifs is 2. The van der Waals surface area contributed by atoms with Gasteiger partial charge in [0.1, 0.15) is 0 Å². The van der Waals surface area contributed by atoms with Crippen LogP contribution in [0, 0.1) is 27.6 Å². The third-order valence-corrected chi connectivity index (χ3v) is 4.96. The minimum Gasteiger partial charge on any atom is -0.315 e. The highest BCUT2D eigenvalue weighted by Crippen LogP contribution is 2.63. The maximum Gasteiger partial charge on any atom is 0.0754 e. The smallest absolute Gasteiger partial charge is 0.0754 e. The predicted octanol–water partition coefficient (Wildman–Crippen LogP) is 1.93. The van der Waals surface area contributed by atoms with E-state index < -0.39 is 0 Å². The minimum absolute atomic E-state index is 0.111. The molecule has 2 rings (SSSR count). The first-order valence-electron chi connectivity index (χ1n) is 5.09. The monoisotopic (exact) mass is 178 g/mol. The highest BCUT2D eigenvalue weighted by atomic mass is 15.0. The average Bonchev–Trinajstić information content (AvgIpc) is 2.26. The van der Waals surface area contributed by atoms with Crippen LogP contribution in [-0.2, 0) is 0 Å². The van der Waals surface area contributed by atoms with E-state index in [0.29, 0.717) is 5.41 Å². The molecule has 0 aromatic heterocycles. The summed E-state index contributed by atoms with van der Waals surface area (Å²) in [7, 11) is 0. The minimum atomic E-state index is -0.111. The number of nitrogens with one attached hydrogen (secondary N) is 1. The van der Waals surface area contributed by atoms with E-state index in [4.69, 9.17) is 0 Å². The van der Waals surface area contributed by atoms with Crippen LogP contribution in [0.25, 0.3) is 0 Å². The number of hydrogen-bond acceptors (Lipinski definition) is 2. The zero-order chi connectivity index (χ0) is 9.74. The van der Waals surface area contributed by atoms with Gasteiger partial charge in [-0.15, -0.1) is 0 Å². The molecular formula is C11H18N2. The molecule has 0 spiro atoms. The Morgan fingerprint density at radius 3 is 2.38 bits per heavy atom. The third kappa shape index (κ3) is 0.814. The van der Waals surface area contributed by atoms with Crippen LogP contribution in [0.3, 0.4) is 0 Å². The molecule has 0 amide bonds. The number of rotatable bonds is 0. The van der Waals surface area contributed by atoms with Gasteiger partial charge in [-0.1, -0.05) is 20.8 Å². The predicted molar refractivity (Wildman–Crippen MR) is 52.0 cm³/mol. The second-order valence-electron chi connectivity index (χ2n) is 5.48. The van der Waals surface area contributed by atoms with Crippen molar-refractivity contribution in [3.8, 4) is 6.07 Å². The number of piperidine rings is 1. The Morgan fingerprint density at radius 1 is 1.15 bits per heavy atom. The average molecular weight is 178 g/mol. The highest BCUT2D eigenvalue weighted by Gasteiger charge is 2.62. The number of nitriles is 1. The molecular weight excluding hydrogens is 160 g/mol. The molecule has 2 nitrogen and oxygen atoms in total. The van der Waals surface area contributed by atoms with Crippen molar-refractivity contribution in [1.29, 1.82) is 5.26 Å². The van der Waals surface area contributed by atoms with Gasteiger partial charge in [0, 0.05) is 13.1 Å². The van der Waals surface area contributed by atoms with Crippen molar-refractivity contribution < 1.29 is 0 Å². The van der Waals surface area contributed by atoms with Crippen LogP contribution in [0.15, 0.2) is 0 Å². The van der Waals surface area contributed by atoms with Crippen molar-refractivity contribution in [2.45, 2.75) is 33.6 Å². The summed E-state index contributed by atoms with van der Waals surface area (Å²) >= 11 is 0. The van der Waals surface area contributed by atoms with Crippen molar-refractivity contribution >= 4 is 0 Å². The summed E-state index contributed by atoms with van der Waals surface area (Å²) in [6.07, 6.45) is 2.26. The first-order valence-corrected chi connectivity index (χ1v) is 5.09. The van der Waals surface area contributed by atoms with Crippen molar-refractivity contribution in [1.82, 2.24) is 5.32 Å². The summed E-state index contributed by atoms with van der Waals surface area (Å²) < 4.78 is 0. The van der Waals surface area contributed by atoms with E-state index >= 15 is 0 Å². The fourth-order valence-electron chi connectivity index (χ4n) is 3.10. The van der Waals surface area contributed by atoms with E-state index in [9.17, 15) is 5.26 Å². The summed E-state index contributed by atoms with van der Waals surface area (Å²) in [6, 6.07) is 2.56. The molecule has 2 aliphatic rings. The SMILES string of the molecule is CC12CCC(C#N)(CNC1)C2(C)C. The Balaban J connectivity index is 2.49. The fourth-order valence-corrected chi connectivity index (χ4v) is 3.10. The first-order chi connectivity index (χ1) is 5.97. The molecule has 2 bridgehead atoms. The molecule has 1 N–H and O–H groups in total. The Labute approximate surface area is 80.3 Å². The Hall–Kier alpha value is -0.550. The van der Waals surface area contributed by atoms with Crippen LogP contribution in [0.5, 0.6) is 0 Å². The van der Waals surface area contributed by atoms with Gasteiger partial charge in [0.05, 0.1) is 11.5 Å². The van der Waals surface area contributed by atoms with Gasteiger partial charge in [-0.2, -0.15) is 5.26 Å². The van der Waals surface area contributed by atoms with Crippen molar-refractivity contribution in [2.75, 3.05) is 13.1 Å². The third-order valence-electron chi connectivity index (χ3n) is 4.96. The second-order valence-corrected chi connectivity index (χ2v) is 5.48. The van der Waals surface area contributed by atoms with Crippen LogP contribution in [0.2, 0.25) is 0 Å². The van der Waals surface area contributed by atoms with Gasteiger partial charge in [0.25, 0.3) is 0 Å². The summed E-state index contributed by atoms with van der Waals surface area (Å²) in [5, 5.41) is 12.7. The van der Waals surface area contributed by atoms with Crippen LogP contribution < -0.4 is 5.32 Å². The van der Waals surface area contributed by atoms with Crippen LogP contribution in [0.1, 0.15) is 33.6 Å². The summed E-state index contributed by atoms with van der Waals surface area (Å²) in [4.78, 5) is 0. The van der Waals surface area contributed by atoms with E-state index in [2.05, 4.69) is 32.2 Å². The van der Waals surface area contributed by atoms with Crippen LogP contribution in [0.4, 0.5) is 0 Å². The van der Waals surface area contributed by atoms with Gasteiger partial charge in [-0.05, 0) is 23.7 Å². The molecule has 1 aliphatic carbocycles. The Morgan fingerprint density at radius 2 is 1.85 bits per heavy atom. The van der Waals surface area contributed by atoms with Gasteiger partial charge in [0.15, 0.2) is 0 Å². The van der Waals surface area contributed by atoms with Crippen molar-refractivity contribution in [2.24, 2.45) is 16.2 Å². The van der Waals surface area contributed by atoms with E-state index in [1.807, 2.05) is 0 Å². The van der Waals surface area contributed by atoms with E-state index in [1.165, 1.54) is 6.42 Å². The molecule has 1 aliphatic heterocycles. The normalized spacial score (nSPS) is 47.2. The molecule has 1 saturated heterocycles. The molecule has 0 aromatic carbocycles. The van der Waals surface area contributed by atoms with Gasteiger partial charge < -0.3 is 5.32 Å². The van der Waals surface area contributed by atoms with Gasteiger partial charge >= 0.3 is 0 Å². The van der Waals surface area contributed by atoms with Gasteiger partial charge in [-0.25, -0.2) is 0 Å². The molecule has 72 valence electrons. The first kappa shape index (κ1) is 9.02. The van der Waals surface area contributed by atoms with Crippen LogP contribution >= 0.6 is 0 Å². The molecule has 2 atom stereocenters. The summed E-state index contributed by atoms with van der Waals surface area (Å²) in [5.74, 6) is 0. The number of hydrogen-bond donors (Lipinski definition) is 1. The molecule has 2 unspecified atom stereocenters. The molecule has 1 heterocycles. The molecule has 0 radical (unpaired) electrons. The van der Waals surface area contributed by atoms with E-state index in [-0.39, 0.29) is 10.8 Å². The zero-order valence-electron chi connectivity index (χ0n) is 8.78. The molecule has 0 aromatic rings. The summed E-state index contributed by atoms with van der Waals surface area (Å²) in [6.45, 7) is 8.81. The molecule has 1 saturated carbocycles. The van der Waals surface area contributed by atoms with Crippen molar-refractivity contribution in [3.63, 3.8) is 0 Å².